The minimum Gasteiger partial charge on any atom is -0.497 e. The first kappa shape index (κ1) is 19.2. The first-order valence-electron chi connectivity index (χ1n) is 9.41. The number of hydrogen-bond acceptors (Lipinski definition) is 7. The van der Waals surface area contributed by atoms with Crippen LogP contribution in [0.15, 0.2) is 24.4 Å². The SMILES string of the molecule is COc1ccc(C(=O)N2CC(n3cc(C(=O)N4CCOCC4)nn3)C2)c(OC)c1. The summed E-state index contributed by atoms with van der Waals surface area (Å²) >= 11 is 0. The van der Waals surface area contributed by atoms with Crippen molar-refractivity contribution < 1.29 is 23.8 Å². The Morgan fingerprint density at radius 2 is 1.83 bits per heavy atom. The van der Waals surface area contributed by atoms with Crippen LogP contribution in [0.25, 0.3) is 0 Å². The molecule has 0 spiro atoms. The van der Waals surface area contributed by atoms with Crippen LogP contribution in [0.5, 0.6) is 11.5 Å². The third-order valence-corrected chi connectivity index (χ3v) is 5.19. The number of hydrogen-bond donors (Lipinski definition) is 0. The standard InChI is InChI=1S/C19H23N5O5/c1-27-14-3-4-15(17(9-14)28-2)18(25)23-10-13(11-23)24-12-16(20-21-24)19(26)22-5-7-29-8-6-22/h3-4,9,12-13H,5-8,10-11H2,1-2H3. The Labute approximate surface area is 167 Å². The number of carbonyl (C=O) groups excluding carboxylic acids is 2. The van der Waals surface area contributed by atoms with E-state index in [9.17, 15) is 9.59 Å². The van der Waals surface area contributed by atoms with Crippen LogP contribution < -0.4 is 9.47 Å². The summed E-state index contributed by atoms with van der Waals surface area (Å²) in [5.74, 6) is 0.831. The highest BCUT2D eigenvalue weighted by Crippen LogP contribution is 2.29. The van der Waals surface area contributed by atoms with Gasteiger partial charge < -0.3 is 24.0 Å². The predicted molar refractivity (Wildman–Crippen MR) is 101 cm³/mol. The second-order valence-electron chi connectivity index (χ2n) is 6.92. The summed E-state index contributed by atoms with van der Waals surface area (Å²) in [6.45, 7) is 3.16. The van der Waals surface area contributed by atoms with E-state index in [-0.39, 0.29) is 17.9 Å². The second kappa shape index (κ2) is 8.08. The van der Waals surface area contributed by atoms with E-state index in [0.29, 0.717) is 62.1 Å². The number of ether oxygens (including phenoxy) is 3. The first-order valence-corrected chi connectivity index (χ1v) is 9.41. The van der Waals surface area contributed by atoms with Crippen LogP contribution in [0.2, 0.25) is 0 Å². The van der Waals surface area contributed by atoms with Gasteiger partial charge in [-0.2, -0.15) is 0 Å². The molecule has 0 saturated carbocycles. The molecule has 29 heavy (non-hydrogen) atoms. The highest BCUT2D eigenvalue weighted by Gasteiger charge is 2.35. The fraction of sp³-hybridized carbons (Fsp3) is 0.474. The number of methoxy groups -OCH3 is 2. The van der Waals surface area contributed by atoms with Gasteiger partial charge >= 0.3 is 0 Å². The smallest absolute Gasteiger partial charge is 0.276 e. The molecule has 2 aromatic rings. The molecule has 0 N–H and O–H groups in total. The van der Waals surface area contributed by atoms with Crippen LogP contribution in [0, 0.1) is 0 Å². The van der Waals surface area contributed by atoms with Crippen LogP contribution in [0.3, 0.4) is 0 Å². The maximum atomic E-state index is 12.8. The molecule has 0 radical (unpaired) electrons. The number of nitrogens with zero attached hydrogens (tertiary/aromatic N) is 5. The highest BCUT2D eigenvalue weighted by atomic mass is 16.5. The van der Waals surface area contributed by atoms with E-state index in [4.69, 9.17) is 14.2 Å². The number of rotatable bonds is 5. The summed E-state index contributed by atoms with van der Waals surface area (Å²) in [4.78, 5) is 28.7. The summed E-state index contributed by atoms with van der Waals surface area (Å²) in [6.07, 6.45) is 1.65. The number of carbonyl (C=O) groups is 2. The molecule has 10 heteroatoms. The zero-order chi connectivity index (χ0) is 20.4. The Balaban J connectivity index is 1.38. The lowest BCUT2D eigenvalue weighted by molar-refractivity contribution is 0.0298. The molecule has 0 atom stereocenters. The van der Waals surface area contributed by atoms with Crippen LogP contribution in [-0.4, -0.2) is 90.2 Å². The Bertz CT molecular complexity index is 902. The van der Waals surface area contributed by atoms with E-state index in [2.05, 4.69) is 10.3 Å². The highest BCUT2D eigenvalue weighted by molar-refractivity contribution is 5.97. The van der Waals surface area contributed by atoms with Crippen LogP contribution >= 0.6 is 0 Å². The molecule has 2 saturated heterocycles. The van der Waals surface area contributed by atoms with Crippen molar-refractivity contribution in [3.8, 4) is 11.5 Å². The molecule has 0 bridgehead atoms. The fourth-order valence-corrected chi connectivity index (χ4v) is 3.42. The van der Waals surface area contributed by atoms with Crippen molar-refractivity contribution in [3.63, 3.8) is 0 Å². The van der Waals surface area contributed by atoms with Gasteiger partial charge in [-0.15, -0.1) is 5.10 Å². The average molecular weight is 401 g/mol. The Morgan fingerprint density at radius 1 is 1.07 bits per heavy atom. The van der Waals surface area contributed by atoms with E-state index in [1.165, 1.54) is 7.11 Å². The lowest BCUT2D eigenvalue weighted by Gasteiger charge is -2.39. The van der Waals surface area contributed by atoms with Gasteiger partial charge in [-0.25, -0.2) is 4.68 Å². The number of likely N-dealkylation sites (tertiary alicyclic amines) is 1. The molecule has 2 aliphatic heterocycles. The maximum absolute atomic E-state index is 12.8. The molecule has 2 fully saturated rings. The summed E-state index contributed by atoms with van der Waals surface area (Å²) < 4.78 is 17.4. The molecule has 2 aliphatic rings. The molecule has 2 amide bonds. The predicted octanol–water partition coefficient (Wildman–Crippen LogP) is 0.465. The third-order valence-electron chi connectivity index (χ3n) is 5.19. The zero-order valence-corrected chi connectivity index (χ0v) is 16.4. The summed E-state index contributed by atoms with van der Waals surface area (Å²) in [5.41, 5.74) is 0.794. The van der Waals surface area contributed by atoms with Gasteiger partial charge in [-0.1, -0.05) is 5.21 Å². The molecule has 0 unspecified atom stereocenters. The van der Waals surface area contributed by atoms with Crippen molar-refractivity contribution >= 4 is 11.8 Å². The molecule has 3 heterocycles. The van der Waals surface area contributed by atoms with Gasteiger partial charge in [0.15, 0.2) is 5.69 Å². The molecule has 0 aliphatic carbocycles. The van der Waals surface area contributed by atoms with Crippen LogP contribution in [0.4, 0.5) is 0 Å². The molecular formula is C19H23N5O5. The minimum atomic E-state index is -0.144. The fourth-order valence-electron chi connectivity index (χ4n) is 3.42. The van der Waals surface area contributed by atoms with Crippen molar-refractivity contribution in [2.24, 2.45) is 0 Å². The molecule has 1 aromatic carbocycles. The van der Waals surface area contributed by atoms with Crippen molar-refractivity contribution in [1.29, 1.82) is 0 Å². The number of morpholine rings is 1. The van der Waals surface area contributed by atoms with Crippen LogP contribution in [-0.2, 0) is 4.74 Å². The Morgan fingerprint density at radius 3 is 2.52 bits per heavy atom. The Kier molecular flexibility index (Phi) is 5.34. The average Bonchev–Trinajstić information content (AvgIpc) is 3.21. The van der Waals surface area contributed by atoms with E-state index in [0.717, 1.165) is 0 Å². The van der Waals surface area contributed by atoms with E-state index < -0.39 is 0 Å². The van der Waals surface area contributed by atoms with Gasteiger partial charge in [0.1, 0.15) is 11.5 Å². The van der Waals surface area contributed by atoms with Gasteiger partial charge in [-0.3, -0.25) is 9.59 Å². The summed E-state index contributed by atoms with van der Waals surface area (Å²) in [7, 11) is 3.08. The molecule has 10 nitrogen and oxygen atoms in total. The minimum absolute atomic E-state index is 0.0121. The monoisotopic (exact) mass is 401 g/mol. The lowest BCUT2D eigenvalue weighted by Crippen LogP contribution is -2.51. The normalized spacial score (nSPS) is 17.0. The van der Waals surface area contributed by atoms with Gasteiger partial charge in [-0.05, 0) is 12.1 Å². The quantitative estimate of drug-likeness (QED) is 0.718. The van der Waals surface area contributed by atoms with E-state index >= 15 is 0 Å². The third kappa shape index (κ3) is 3.75. The maximum Gasteiger partial charge on any atom is 0.276 e. The summed E-state index contributed by atoms with van der Waals surface area (Å²) in [6, 6.07) is 5.10. The number of amides is 2. The largest absolute Gasteiger partial charge is 0.497 e. The topological polar surface area (TPSA) is 99.0 Å². The van der Waals surface area contributed by atoms with Crippen molar-refractivity contribution in [3.05, 3.63) is 35.7 Å². The molecule has 1 aromatic heterocycles. The first-order chi connectivity index (χ1) is 14.1. The van der Waals surface area contributed by atoms with Gasteiger partial charge in [0.05, 0.1) is 45.2 Å². The second-order valence-corrected chi connectivity index (χ2v) is 6.92. The lowest BCUT2D eigenvalue weighted by atomic mass is 10.1. The number of aromatic nitrogens is 3. The number of benzene rings is 1. The van der Waals surface area contributed by atoms with Crippen LogP contribution in [0.1, 0.15) is 26.9 Å². The van der Waals surface area contributed by atoms with E-state index in [1.807, 2.05) is 0 Å². The van der Waals surface area contributed by atoms with Gasteiger partial charge in [0.25, 0.3) is 11.8 Å². The van der Waals surface area contributed by atoms with Gasteiger partial charge in [0, 0.05) is 32.2 Å². The Hall–Kier alpha value is -3.14. The van der Waals surface area contributed by atoms with Gasteiger partial charge in [0.2, 0.25) is 0 Å². The molecular weight excluding hydrogens is 378 g/mol. The molecule has 154 valence electrons. The molecule has 4 rings (SSSR count). The van der Waals surface area contributed by atoms with E-state index in [1.54, 1.807) is 46.0 Å². The summed E-state index contributed by atoms with van der Waals surface area (Å²) in [5, 5.41) is 8.10. The van der Waals surface area contributed by atoms with Crippen molar-refractivity contribution in [1.82, 2.24) is 24.8 Å². The van der Waals surface area contributed by atoms with Crippen molar-refractivity contribution in [2.45, 2.75) is 6.04 Å². The zero-order valence-electron chi connectivity index (χ0n) is 16.4. The van der Waals surface area contributed by atoms with Crippen molar-refractivity contribution in [2.75, 3.05) is 53.6 Å².